The normalized spacial score (nSPS) is 14.4. The molecule has 0 fully saturated rings. The van der Waals surface area contributed by atoms with Gasteiger partial charge in [-0.05, 0) is 49.4 Å². The summed E-state index contributed by atoms with van der Waals surface area (Å²) in [6.45, 7) is 14.3. The van der Waals surface area contributed by atoms with Crippen LogP contribution in [-0.4, -0.2) is 96.7 Å². The predicted molar refractivity (Wildman–Crippen MR) is 432 cm³/mol. The highest BCUT2D eigenvalue weighted by Crippen LogP contribution is 2.45. The summed E-state index contributed by atoms with van der Waals surface area (Å²) in [7, 11) is -9.93. The lowest BCUT2D eigenvalue weighted by atomic mass is 9.99. The van der Waals surface area contributed by atoms with E-state index < -0.39 is 97.5 Å². The average Bonchev–Trinajstić information content (AvgIpc) is 0.906. The van der Waals surface area contributed by atoms with Crippen LogP contribution >= 0.6 is 15.6 Å². The number of hydrogen-bond donors (Lipinski definition) is 3. The van der Waals surface area contributed by atoms with E-state index in [9.17, 15) is 43.2 Å². The van der Waals surface area contributed by atoms with E-state index in [2.05, 4.69) is 55.4 Å². The van der Waals surface area contributed by atoms with Gasteiger partial charge in [0.1, 0.15) is 19.3 Å². The summed E-state index contributed by atoms with van der Waals surface area (Å²) in [5.74, 6) is 1.05. The van der Waals surface area contributed by atoms with E-state index in [1.807, 2.05) is 0 Å². The fourth-order valence-corrected chi connectivity index (χ4v) is 14.8. The van der Waals surface area contributed by atoms with Crippen molar-refractivity contribution < 1.29 is 80.2 Å². The third kappa shape index (κ3) is 77.2. The van der Waals surface area contributed by atoms with E-state index in [-0.39, 0.29) is 25.7 Å². The molecule has 17 nitrogen and oxygen atoms in total. The number of carbonyl (C=O) groups is 4. The molecular formula is C86H168O17P2. The number of phosphoric ester groups is 2. The van der Waals surface area contributed by atoms with Gasteiger partial charge < -0.3 is 33.8 Å². The quantitative estimate of drug-likeness (QED) is 0.0222. The Bertz CT molecular complexity index is 2050. The van der Waals surface area contributed by atoms with Gasteiger partial charge in [-0.1, -0.05) is 396 Å². The fourth-order valence-electron chi connectivity index (χ4n) is 13.3. The molecule has 7 atom stereocenters. The Hall–Kier alpha value is -1.94. The van der Waals surface area contributed by atoms with Gasteiger partial charge in [0.15, 0.2) is 12.2 Å². The highest BCUT2D eigenvalue weighted by molar-refractivity contribution is 7.47. The summed E-state index contributed by atoms with van der Waals surface area (Å²) in [6, 6.07) is 0. The number of rotatable bonds is 83. The molecule has 4 unspecified atom stereocenters. The van der Waals surface area contributed by atoms with Crippen LogP contribution in [0.1, 0.15) is 447 Å². The Labute approximate surface area is 645 Å². The van der Waals surface area contributed by atoms with Gasteiger partial charge >= 0.3 is 39.5 Å². The minimum Gasteiger partial charge on any atom is -0.462 e. The van der Waals surface area contributed by atoms with Crippen molar-refractivity contribution >= 4 is 39.5 Å². The van der Waals surface area contributed by atoms with Crippen molar-refractivity contribution in [3.05, 3.63) is 0 Å². The van der Waals surface area contributed by atoms with Crippen LogP contribution in [-0.2, 0) is 65.4 Å². The molecule has 624 valence electrons. The number of aliphatic hydroxyl groups is 1. The lowest BCUT2D eigenvalue weighted by Crippen LogP contribution is -2.30. The third-order valence-electron chi connectivity index (χ3n) is 20.8. The zero-order valence-corrected chi connectivity index (χ0v) is 71.2. The molecule has 0 aromatic heterocycles. The first kappa shape index (κ1) is 103. The molecule has 19 heteroatoms. The van der Waals surface area contributed by atoms with E-state index in [4.69, 9.17) is 37.0 Å². The second-order valence-corrected chi connectivity index (χ2v) is 35.3. The van der Waals surface area contributed by atoms with Gasteiger partial charge in [0, 0.05) is 25.7 Å². The summed E-state index contributed by atoms with van der Waals surface area (Å²) >= 11 is 0. The summed E-state index contributed by atoms with van der Waals surface area (Å²) in [5, 5.41) is 10.7. The number of esters is 4. The standard InChI is InChI=1S/C86H168O17P2/c1-9-78(7)64-56-48-40-34-28-24-20-16-12-14-18-22-26-30-36-42-52-60-68-85(90)103-82(73-97-84(89)67-59-51-45-44-49-57-65-79(8)10-2)75-101-105(94,95)99-71-80(87)70-98-104(92,93)100-74-81(102-86(91)69-61-53-43-37-31-33-39-47-55-63-77(5)6)72-96-83(88)66-58-50-41-35-29-25-21-17-13-11-15-19-23-27-32-38-46-54-62-76(3)4/h76-82,87H,9-75H2,1-8H3,(H,92,93)(H,94,95)/t78?,79?,80-,81-,82-/m1/s1. The van der Waals surface area contributed by atoms with Gasteiger partial charge in [-0.15, -0.1) is 0 Å². The molecule has 0 bridgehead atoms. The Kier molecular flexibility index (Phi) is 73.4. The Morgan fingerprint density at radius 1 is 0.267 bits per heavy atom. The molecule has 0 amide bonds. The molecular weight excluding hydrogens is 1370 g/mol. The summed E-state index contributed by atoms with van der Waals surface area (Å²) in [5.41, 5.74) is 0. The van der Waals surface area contributed by atoms with Crippen LogP contribution in [0, 0.1) is 23.7 Å². The lowest BCUT2D eigenvalue weighted by Gasteiger charge is -2.21. The third-order valence-corrected chi connectivity index (χ3v) is 22.7. The van der Waals surface area contributed by atoms with Crippen molar-refractivity contribution in [2.24, 2.45) is 23.7 Å². The molecule has 0 aliphatic heterocycles. The van der Waals surface area contributed by atoms with Gasteiger partial charge in [0.05, 0.1) is 26.4 Å². The Balaban J connectivity index is 5.15. The van der Waals surface area contributed by atoms with Crippen LogP contribution in [0.2, 0.25) is 0 Å². The van der Waals surface area contributed by atoms with Crippen molar-refractivity contribution in [3.63, 3.8) is 0 Å². The van der Waals surface area contributed by atoms with Gasteiger partial charge in [-0.25, -0.2) is 9.13 Å². The number of aliphatic hydroxyl groups excluding tert-OH is 1. The molecule has 0 spiro atoms. The first-order valence-corrected chi connectivity index (χ1v) is 47.3. The Morgan fingerprint density at radius 2 is 0.457 bits per heavy atom. The minimum absolute atomic E-state index is 0.106. The predicted octanol–water partition coefficient (Wildman–Crippen LogP) is 25.9. The molecule has 105 heavy (non-hydrogen) atoms. The Morgan fingerprint density at radius 3 is 0.676 bits per heavy atom. The first-order chi connectivity index (χ1) is 50.7. The largest absolute Gasteiger partial charge is 0.472 e. The van der Waals surface area contributed by atoms with E-state index in [0.717, 1.165) is 120 Å². The molecule has 0 aromatic rings. The van der Waals surface area contributed by atoms with Crippen LogP contribution in [0.3, 0.4) is 0 Å². The van der Waals surface area contributed by atoms with Crippen molar-refractivity contribution in [3.8, 4) is 0 Å². The number of carbonyl (C=O) groups excluding carboxylic acids is 4. The molecule has 0 aliphatic carbocycles. The average molecular weight is 1540 g/mol. The van der Waals surface area contributed by atoms with Crippen molar-refractivity contribution in [2.45, 2.75) is 465 Å². The van der Waals surface area contributed by atoms with Crippen molar-refractivity contribution in [1.29, 1.82) is 0 Å². The van der Waals surface area contributed by atoms with Crippen molar-refractivity contribution in [2.75, 3.05) is 39.6 Å². The monoisotopic (exact) mass is 1540 g/mol. The van der Waals surface area contributed by atoms with Crippen LogP contribution in [0.5, 0.6) is 0 Å². The van der Waals surface area contributed by atoms with Crippen LogP contribution in [0.4, 0.5) is 0 Å². The highest BCUT2D eigenvalue weighted by atomic mass is 31.2. The second-order valence-electron chi connectivity index (χ2n) is 32.4. The maximum Gasteiger partial charge on any atom is 0.472 e. The molecule has 0 saturated carbocycles. The molecule has 0 heterocycles. The van der Waals surface area contributed by atoms with Gasteiger partial charge in [0.2, 0.25) is 0 Å². The second kappa shape index (κ2) is 74.8. The van der Waals surface area contributed by atoms with Crippen molar-refractivity contribution in [1.82, 2.24) is 0 Å². The lowest BCUT2D eigenvalue weighted by molar-refractivity contribution is -0.161. The first-order valence-electron chi connectivity index (χ1n) is 44.3. The van der Waals surface area contributed by atoms with E-state index in [1.165, 1.54) is 244 Å². The smallest absolute Gasteiger partial charge is 0.462 e. The molecule has 0 saturated heterocycles. The molecule has 0 radical (unpaired) electrons. The summed E-state index contributed by atoms with van der Waals surface area (Å²) in [4.78, 5) is 73.1. The topological polar surface area (TPSA) is 237 Å². The number of unbranched alkanes of at least 4 members (excludes halogenated alkanes) is 47. The van der Waals surface area contributed by atoms with Crippen LogP contribution in [0.15, 0.2) is 0 Å². The molecule has 0 rings (SSSR count). The number of hydrogen-bond acceptors (Lipinski definition) is 15. The van der Waals surface area contributed by atoms with Gasteiger partial charge in [-0.2, -0.15) is 0 Å². The zero-order chi connectivity index (χ0) is 77.4. The van der Waals surface area contributed by atoms with E-state index in [0.29, 0.717) is 25.7 Å². The molecule has 0 aromatic carbocycles. The van der Waals surface area contributed by atoms with Crippen LogP contribution in [0.25, 0.3) is 0 Å². The molecule has 3 N–H and O–H groups in total. The van der Waals surface area contributed by atoms with E-state index >= 15 is 0 Å². The number of phosphoric acid groups is 2. The zero-order valence-electron chi connectivity index (χ0n) is 69.4. The summed E-state index contributed by atoms with van der Waals surface area (Å²) < 4.78 is 68.8. The van der Waals surface area contributed by atoms with Gasteiger partial charge in [-0.3, -0.25) is 37.3 Å². The fraction of sp³-hybridized carbons (Fsp3) is 0.953. The maximum absolute atomic E-state index is 13.1. The van der Waals surface area contributed by atoms with E-state index in [1.54, 1.807) is 0 Å². The number of ether oxygens (including phenoxy) is 4. The minimum atomic E-state index is -4.96. The SMILES string of the molecule is CCC(C)CCCCCCCCCCCCCCCCCCCCC(=O)O[C@H](COC(=O)CCCCCCCCC(C)CC)COP(=O)(O)OC[C@H](O)COP(=O)(O)OC[C@@H](COC(=O)CCCCCCCCCCCCCCCCCCCCC(C)C)OC(=O)CCCCCCCCCCCC(C)C. The highest BCUT2D eigenvalue weighted by Gasteiger charge is 2.31. The molecule has 0 aliphatic rings. The van der Waals surface area contributed by atoms with Crippen LogP contribution < -0.4 is 0 Å². The van der Waals surface area contributed by atoms with Gasteiger partial charge in [0.25, 0.3) is 0 Å². The summed E-state index contributed by atoms with van der Waals surface area (Å²) in [6.07, 6.45) is 64.1. The maximum atomic E-state index is 13.1.